The topological polar surface area (TPSA) is 35.5 Å². The van der Waals surface area contributed by atoms with E-state index in [2.05, 4.69) is 9.47 Å². The summed E-state index contributed by atoms with van der Waals surface area (Å²) in [6, 6.07) is 0. The van der Waals surface area contributed by atoms with Crippen LogP contribution in [0, 0.1) is 0 Å². The van der Waals surface area contributed by atoms with Crippen LogP contribution < -0.4 is 0 Å². The lowest BCUT2D eigenvalue weighted by atomic mass is 10.8. The molecule has 4 heteroatoms. The number of cyclic esters (lactones) is 2. The van der Waals surface area contributed by atoms with Gasteiger partial charge in [0.1, 0.15) is 1.37 Å². The van der Waals surface area contributed by atoms with E-state index in [9.17, 15) is 9.18 Å². The number of alkyl halides is 1. The van der Waals surface area contributed by atoms with Gasteiger partial charge in [0, 0.05) is 0 Å². The van der Waals surface area contributed by atoms with Crippen molar-refractivity contribution in [3.05, 3.63) is 0 Å². The minimum atomic E-state index is -3.43. The van der Waals surface area contributed by atoms with E-state index in [-0.39, 0.29) is 0 Å². The molecule has 0 aromatic heterocycles. The van der Waals surface area contributed by atoms with E-state index in [1.54, 1.807) is 0 Å². The first-order valence-electron chi connectivity index (χ1n) is 2.96. The molecule has 0 aliphatic carbocycles. The van der Waals surface area contributed by atoms with E-state index in [0.717, 1.165) is 0 Å². The van der Waals surface area contributed by atoms with Gasteiger partial charge in [-0.1, -0.05) is 0 Å². The monoisotopic (exact) mass is 109 g/mol. The van der Waals surface area contributed by atoms with Crippen LogP contribution in [0.2, 0.25) is 0 Å². The minimum Gasteiger partial charge on any atom is -0.427 e. The quantitative estimate of drug-likeness (QED) is 0.423. The molecule has 1 rings (SSSR count). The Kier molecular flexibility index (Phi) is 0.386. The molecule has 0 amide bonds. The Hall–Kier alpha value is -0.800. The highest BCUT2D eigenvalue weighted by molar-refractivity contribution is 5.61. The van der Waals surface area contributed by atoms with Crippen LogP contribution in [0.1, 0.15) is 4.11 Å². The number of rotatable bonds is 0. The Labute approximate surface area is 43.2 Å². The van der Waals surface area contributed by atoms with Crippen LogP contribution in [0.3, 0.4) is 0 Å². The average molecular weight is 109 g/mol. The van der Waals surface area contributed by atoms with Crippen molar-refractivity contribution >= 4 is 6.16 Å². The number of carbonyl (C=O) groups is 1. The Bertz CT molecular complexity index is 162. The summed E-state index contributed by atoms with van der Waals surface area (Å²) in [4.78, 5) is 10.0. The van der Waals surface area contributed by atoms with Gasteiger partial charge in [-0.05, 0) is 0 Å². The second kappa shape index (κ2) is 1.36. The van der Waals surface area contributed by atoms with Crippen LogP contribution in [0.15, 0.2) is 0 Å². The molecule has 1 aliphatic rings. The molecule has 7 heavy (non-hydrogen) atoms. The number of halogens is 1. The zero-order valence-corrected chi connectivity index (χ0v) is 3.10. The summed E-state index contributed by atoms with van der Waals surface area (Å²) in [5, 5.41) is 0. The van der Waals surface area contributed by atoms with E-state index >= 15 is 0 Å². The van der Waals surface area contributed by atoms with Crippen LogP contribution >= 0.6 is 0 Å². The fourth-order valence-electron chi connectivity index (χ4n) is 0.197. The first kappa shape index (κ1) is 1.98. The molecule has 1 unspecified atom stereocenters. The highest BCUT2D eigenvalue weighted by Crippen LogP contribution is 2.05. The first-order valence-corrected chi connectivity index (χ1v) is 1.46. The van der Waals surface area contributed by atoms with Gasteiger partial charge in [-0.2, -0.15) is 4.39 Å². The lowest BCUT2D eigenvalue weighted by Gasteiger charge is -1.85. The molecular formula is C3H3FO3. The van der Waals surface area contributed by atoms with Crippen molar-refractivity contribution in [2.24, 2.45) is 0 Å². The predicted octanol–water partition coefficient (Wildman–Crippen LogP) is 0.449. The highest BCUT2D eigenvalue weighted by atomic mass is 19.1. The number of carbonyl (C=O) groups excluding carboxylic acids is 1. The molecule has 0 radical (unpaired) electrons. The van der Waals surface area contributed by atoms with Gasteiger partial charge < -0.3 is 9.47 Å². The van der Waals surface area contributed by atoms with Crippen molar-refractivity contribution in [3.8, 4) is 0 Å². The second-order valence-corrected chi connectivity index (χ2v) is 0.830. The minimum absolute atomic E-state index is 1.51. The second-order valence-electron chi connectivity index (χ2n) is 0.830. The van der Waals surface area contributed by atoms with Gasteiger partial charge in [0.2, 0.25) is 0 Å². The van der Waals surface area contributed by atoms with Crippen molar-refractivity contribution < 1.29 is 22.8 Å². The summed E-state index contributed by atoms with van der Waals surface area (Å²) in [6.45, 7) is -3.01. The fraction of sp³-hybridized carbons (Fsp3) is 0.667. The molecule has 1 atom stereocenters. The maximum absolute atomic E-state index is 12.4. The van der Waals surface area contributed by atoms with Crippen molar-refractivity contribution in [1.29, 1.82) is 0 Å². The van der Waals surface area contributed by atoms with Gasteiger partial charge in [-0.25, -0.2) is 4.79 Å². The Morgan fingerprint density at radius 2 is 3.00 bits per heavy atom. The number of hydrogen-bond acceptors (Lipinski definition) is 3. The molecular weight excluding hydrogens is 103 g/mol. The molecule has 1 aliphatic heterocycles. The largest absolute Gasteiger partial charge is 0.511 e. The smallest absolute Gasteiger partial charge is 0.427 e. The lowest BCUT2D eigenvalue weighted by Crippen LogP contribution is -1.98. The summed E-state index contributed by atoms with van der Waals surface area (Å²) >= 11 is 0. The van der Waals surface area contributed by atoms with E-state index in [0.29, 0.717) is 0 Å². The van der Waals surface area contributed by atoms with E-state index in [1.165, 1.54) is 0 Å². The van der Waals surface area contributed by atoms with Gasteiger partial charge in [0.25, 0.3) is 6.33 Å². The van der Waals surface area contributed by atoms with Crippen LogP contribution in [0.4, 0.5) is 9.18 Å². The lowest BCUT2D eigenvalue weighted by molar-refractivity contribution is 0.0573. The molecule has 0 saturated carbocycles. The molecule has 0 N–H and O–H groups in total. The third kappa shape index (κ3) is 0.792. The van der Waals surface area contributed by atoms with E-state index in [1.807, 2.05) is 0 Å². The maximum atomic E-state index is 12.4. The number of hydrogen-bond donors (Lipinski definition) is 0. The van der Waals surface area contributed by atoms with Gasteiger partial charge in [-0.3, -0.25) is 0 Å². The molecule has 0 spiro atoms. The molecule has 1 fully saturated rings. The van der Waals surface area contributed by atoms with Gasteiger partial charge >= 0.3 is 6.16 Å². The summed E-state index contributed by atoms with van der Waals surface area (Å²) in [5.41, 5.74) is 0. The van der Waals surface area contributed by atoms with Gasteiger partial charge in [0.05, 0.1) is 2.74 Å². The van der Waals surface area contributed by atoms with Crippen molar-refractivity contribution in [2.75, 3.05) is 6.56 Å². The molecule has 0 bridgehead atoms. The summed E-state index contributed by atoms with van der Waals surface area (Å²) in [7, 11) is 0. The molecule has 0 aromatic rings. The van der Waals surface area contributed by atoms with Crippen molar-refractivity contribution in [3.63, 3.8) is 0 Å². The third-order valence-electron chi connectivity index (χ3n) is 0.388. The standard InChI is InChI=1S/C3H3FO3/c4-2-1-6-3(5)7-2/h2H,1H2/i1D2,2D. The van der Waals surface area contributed by atoms with Crippen molar-refractivity contribution in [2.45, 2.75) is 6.33 Å². The average Bonchev–Trinajstić information content (AvgIpc) is 1.73. The third-order valence-corrected chi connectivity index (χ3v) is 0.388. The summed E-state index contributed by atoms with van der Waals surface area (Å²) < 4.78 is 39.1. The normalized spacial score (nSPS) is 53.3. The predicted molar refractivity (Wildman–Crippen MR) is 17.3 cm³/mol. The fourth-order valence-corrected chi connectivity index (χ4v) is 0.197. The molecule has 40 valence electrons. The van der Waals surface area contributed by atoms with E-state index in [4.69, 9.17) is 4.11 Å². The van der Waals surface area contributed by atoms with Crippen LogP contribution in [0.5, 0.6) is 0 Å². The Morgan fingerprint density at radius 3 is 3.14 bits per heavy atom. The Morgan fingerprint density at radius 1 is 2.29 bits per heavy atom. The number of ether oxygens (including phenoxy) is 2. The maximum Gasteiger partial charge on any atom is 0.511 e. The van der Waals surface area contributed by atoms with Gasteiger partial charge in [0.15, 0.2) is 6.56 Å². The highest BCUT2D eigenvalue weighted by Gasteiger charge is 2.23. The zero-order chi connectivity index (χ0) is 7.99. The van der Waals surface area contributed by atoms with Crippen LogP contribution in [-0.2, 0) is 9.47 Å². The molecule has 3 nitrogen and oxygen atoms in total. The van der Waals surface area contributed by atoms with Crippen LogP contribution in [-0.4, -0.2) is 19.0 Å². The molecule has 1 heterocycles. The molecule has 1 saturated heterocycles. The summed E-state index contributed by atoms with van der Waals surface area (Å²) in [6.07, 6.45) is -4.94. The molecule has 0 aromatic carbocycles. The first-order chi connectivity index (χ1) is 4.35. The van der Waals surface area contributed by atoms with E-state index < -0.39 is 19.0 Å². The zero-order valence-electron chi connectivity index (χ0n) is 6.10. The Balaban J connectivity index is 2.88. The van der Waals surface area contributed by atoms with Crippen molar-refractivity contribution in [1.82, 2.24) is 0 Å². The van der Waals surface area contributed by atoms with Gasteiger partial charge in [-0.15, -0.1) is 0 Å². The van der Waals surface area contributed by atoms with Crippen LogP contribution in [0.25, 0.3) is 0 Å². The SMILES string of the molecule is [2H]C1([2H])OC(=O)OC1([2H])F. The summed E-state index contributed by atoms with van der Waals surface area (Å²) in [5.74, 6) is 0.